The van der Waals surface area contributed by atoms with Crippen LogP contribution in [0.3, 0.4) is 0 Å². The fourth-order valence-electron chi connectivity index (χ4n) is 2.44. The van der Waals surface area contributed by atoms with Gasteiger partial charge in [0.15, 0.2) is 0 Å². The van der Waals surface area contributed by atoms with Crippen molar-refractivity contribution in [2.24, 2.45) is 0 Å². The molecule has 1 fully saturated rings. The van der Waals surface area contributed by atoms with E-state index in [4.69, 9.17) is 0 Å². The van der Waals surface area contributed by atoms with Crippen LogP contribution in [0.4, 0.5) is 5.69 Å². The molecule has 18 heavy (non-hydrogen) atoms. The first-order valence-corrected chi connectivity index (χ1v) is 6.91. The van der Waals surface area contributed by atoms with E-state index in [2.05, 4.69) is 41.0 Å². The lowest BCUT2D eigenvalue weighted by molar-refractivity contribution is 0.106. The molecular formula is C15H24N2O. The molecular weight excluding hydrogens is 224 g/mol. The van der Waals surface area contributed by atoms with Gasteiger partial charge in [0.25, 0.3) is 0 Å². The molecule has 0 unspecified atom stereocenters. The monoisotopic (exact) mass is 248 g/mol. The predicted octanol–water partition coefficient (Wildman–Crippen LogP) is 1.89. The number of β-amino-alcohol motifs (C(OH)–C–C–N with tert-alkyl or cyclic N) is 1. The fraction of sp³-hybridized carbons (Fsp3) is 0.600. The van der Waals surface area contributed by atoms with Crippen LogP contribution < -0.4 is 4.90 Å². The summed E-state index contributed by atoms with van der Waals surface area (Å²) in [4.78, 5) is 4.79. The molecule has 0 spiro atoms. The van der Waals surface area contributed by atoms with Crippen molar-refractivity contribution in [3.8, 4) is 0 Å². The molecule has 3 nitrogen and oxygen atoms in total. The Bertz CT molecular complexity index is 373. The van der Waals surface area contributed by atoms with Crippen LogP contribution in [-0.2, 0) is 0 Å². The minimum absolute atomic E-state index is 0.171. The van der Waals surface area contributed by atoms with E-state index in [9.17, 15) is 5.11 Å². The Balaban J connectivity index is 1.87. The van der Waals surface area contributed by atoms with E-state index in [1.165, 1.54) is 11.3 Å². The number of nitrogens with zero attached hydrogens (tertiary/aromatic N) is 2. The zero-order valence-electron chi connectivity index (χ0n) is 11.5. The zero-order valence-corrected chi connectivity index (χ0v) is 11.5. The van der Waals surface area contributed by atoms with Crippen LogP contribution in [0.2, 0.25) is 0 Å². The van der Waals surface area contributed by atoms with Crippen molar-refractivity contribution < 1.29 is 5.11 Å². The van der Waals surface area contributed by atoms with Crippen LogP contribution >= 0.6 is 0 Å². The smallest absolute Gasteiger partial charge is 0.0664 e. The van der Waals surface area contributed by atoms with Crippen molar-refractivity contribution in [1.82, 2.24) is 4.90 Å². The Hall–Kier alpha value is -1.06. The van der Waals surface area contributed by atoms with Gasteiger partial charge in [0.1, 0.15) is 0 Å². The Morgan fingerprint density at radius 1 is 1.22 bits per heavy atom. The number of anilines is 1. The van der Waals surface area contributed by atoms with Gasteiger partial charge in [-0.25, -0.2) is 0 Å². The highest BCUT2D eigenvalue weighted by Crippen LogP contribution is 2.17. The average Bonchev–Trinajstić information content (AvgIpc) is 2.39. The fourth-order valence-corrected chi connectivity index (χ4v) is 2.44. The Morgan fingerprint density at radius 3 is 2.56 bits per heavy atom. The summed E-state index contributed by atoms with van der Waals surface area (Å²) in [5.74, 6) is 0. The van der Waals surface area contributed by atoms with Crippen molar-refractivity contribution in [2.75, 3.05) is 37.6 Å². The molecule has 1 saturated heterocycles. The van der Waals surface area contributed by atoms with E-state index in [-0.39, 0.29) is 6.10 Å². The first-order chi connectivity index (χ1) is 8.69. The summed E-state index contributed by atoms with van der Waals surface area (Å²) in [6, 6.07) is 8.69. The first-order valence-electron chi connectivity index (χ1n) is 6.91. The van der Waals surface area contributed by atoms with Crippen LogP contribution in [0.15, 0.2) is 24.3 Å². The van der Waals surface area contributed by atoms with Gasteiger partial charge >= 0.3 is 0 Å². The minimum atomic E-state index is -0.171. The molecule has 1 atom stereocenters. The molecule has 0 saturated carbocycles. The highest BCUT2D eigenvalue weighted by molar-refractivity contribution is 5.48. The van der Waals surface area contributed by atoms with E-state index in [0.29, 0.717) is 0 Å². The van der Waals surface area contributed by atoms with Gasteiger partial charge in [-0.2, -0.15) is 0 Å². The van der Waals surface area contributed by atoms with Crippen molar-refractivity contribution in [3.63, 3.8) is 0 Å². The van der Waals surface area contributed by atoms with Crippen LogP contribution in [0.1, 0.15) is 18.9 Å². The van der Waals surface area contributed by atoms with Crippen molar-refractivity contribution in [3.05, 3.63) is 29.8 Å². The molecule has 1 aliphatic heterocycles. The number of aliphatic hydroxyl groups excluding tert-OH is 1. The van der Waals surface area contributed by atoms with Crippen LogP contribution in [0.5, 0.6) is 0 Å². The maximum atomic E-state index is 9.67. The highest BCUT2D eigenvalue weighted by atomic mass is 16.3. The molecule has 1 aromatic carbocycles. The molecule has 0 aliphatic carbocycles. The number of piperazine rings is 1. The number of hydrogen-bond acceptors (Lipinski definition) is 3. The van der Waals surface area contributed by atoms with Gasteiger partial charge in [-0.15, -0.1) is 0 Å². The second-order valence-electron chi connectivity index (χ2n) is 5.19. The van der Waals surface area contributed by atoms with E-state index in [0.717, 1.165) is 39.1 Å². The highest BCUT2D eigenvalue weighted by Gasteiger charge is 2.18. The average molecular weight is 248 g/mol. The molecule has 100 valence electrons. The second kappa shape index (κ2) is 6.21. The number of rotatable bonds is 4. The summed E-state index contributed by atoms with van der Waals surface area (Å²) < 4.78 is 0. The second-order valence-corrected chi connectivity index (χ2v) is 5.19. The number of benzene rings is 1. The Morgan fingerprint density at radius 2 is 1.94 bits per heavy atom. The molecule has 0 bridgehead atoms. The number of aryl methyl sites for hydroxylation is 1. The molecule has 0 aromatic heterocycles. The molecule has 0 radical (unpaired) electrons. The topological polar surface area (TPSA) is 26.7 Å². The summed E-state index contributed by atoms with van der Waals surface area (Å²) >= 11 is 0. The maximum Gasteiger partial charge on any atom is 0.0664 e. The van der Waals surface area contributed by atoms with E-state index in [1.807, 2.05) is 6.92 Å². The van der Waals surface area contributed by atoms with E-state index < -0.39 is 0 Å². The van der Waals surface area contributed by atoms with Gasteiger partial charge in [-0.05, 0) is 31.0 Å². The van der Waals surface area contributed by atoms with Gasteiger partial charge in [-0.1, -0.05) is 19.1 Å². The van der Waals surface area contributed by atoms with Crippen LogP contribution in [0, 0.1) is 6.92 Å². The number of hydrogen-bond donors (Lipinski definition) is 1. The molecule has 1 heterocycles. The standard InChI is InChI=1S/C15H24N2O/c1-3-15(18)12-16-7-9-17(10-8-16)14-6-4-5-13(2)11-14/h4-6,11,15,18H,3,7-10,12H2,1-2H3/t15-/m1/s1. The minimum Gasteiger partial charge on any atom is -0.392 e. The third kappa shape index (κ3) is 3.47. The predicted molar refractivity (Wildman–Crippen MR) is 76.1 cm³/mol. The lowest BCUT2D eigenvalue weighted by Gasteiger charge is -2.37. The van der Waals surface area contributed by atoms with Crippen molar-refractivity contribution in [2.45, 2.75) is 26.4 Å². The quantitative estimate of drug-likeness (QED) is 0.881. The van der Waals surface area contributed by atoms with Gasteiger partial charge in [0.05, 0.1) is 6.10 Å². The summed E-state index contributed by atoms with van der Waals surface area (Å²) in [7, 11) is 0. The van der Waals surface area contributed by atoms with Crippen molar-refractivity contribution >= 4 is 5.69 Å². The van der Waals surface area contributed by atoms with E-state index >= 15 is 0 Å². The molecule has 0 amide bonds. The summed E-state index contributed by atoms with van der Waals surface area (Å²) in [6.07, 6.45) is 0.675. The molecule has 3 heteroatoms. The normalized spacial score (nSPS) is 18.9. The third-order valence-corrected chi connectivity index (χ3v) is 3.68. The zero-order chi connectivity index (χ0) is 13.0. The summed E-state index contributed by atoms with van der Waals surface area (Å²) in [5.41, 5.74) is 2.64. The lowest BCUT2D eigenvalue weighted by Crippen LogP contribution is -2.48. The summed E-state index contributed by atoms with van der Waals surface area (Å²) in [6.45, 7) is 9.19. The summed E-state index contributed by atoms with van der Waals surface area (Å²) in [5, 5.41) is 9.67. The maximum absolute atomic E-state index is 9.67. The SMILES string of the molecule is CC[C@@H](O)CN1CCN(c2cccc(C)c2)CC1. The Labute approximate surface area is 110 Å². The molecule has 1 aliphatic rings. The molecule has 1 aromatic rings. The van der Waals surface area contributed by atoms with Gasteiger partial charge < -0.3 is 10.0 Å². The first kappa shape index (κ1) is 13.4. The molecule has 2 rings (SSSR count). The largest absolute Gasteiger partial charge is 0.392 e. The van der Waals surface area contributed by atoms with Gasteiger partial charge in [0, 0.05) is 38.4 Å². The number of aliphatic hydroxyl groups is 1. The van der Waals surface area contributed by atoms with Crippen molar-refractivity contribution in [1.29, 1.82) is 0 Å². The van der Waals surface area contributed by atoms with Crippen LogP contribution in [-0.4, -0.2) is 48.8 Å². The third-order valence-electron chi connectivity index (χ3n) is 3.68. The van der Waals surface area contributed by atoms with Gasteiger partial charge in [0.2, 0.25) is 0 Å². The lowest BCUT2D eigenvalue weighted by atomic mass is 10.2. The van der Waals surface area contributed by atoms with E-state index in [1.54, 1.807) is 0 Å². The van der Waals surface area contributed by atoms with Gasteiger partial charge in [-0.3, -0.25) is 4.90 Å². The van der Waals surface area contributed by atoms with Crippen LogP contribution in [0.25, 0.3) is 0 Å². The Kier molecular flexibility index (Phi) is 4.61. The molecule has 1 N–H and O–H groups in total.